The molecule has 14 nitrogen and oxygen atoms in total. The van der Waals surface area contributed by atoms with Crippen molar-refractivity contribution in [3.8, 4) is 0 Å². The van der Waals surface area contributed by atoms with Crippen molar-refractivity contribution in [1.82, 2.24) is 20.6 Å². The number of piperidine rings is 1. The van der Waals surface area contributed by atoms with Gasteiger partial charge in [-0.15, -0.1) is 23.5 Å². The highest BCUT2D eigenvalue weighted by Gasteiger charge is 2.56. The molecule has 6 N–H and O–H groups in total. The second-order valence-corrected chi connectivity index (χ2v) is 27.1. The summed E-state index contributed by atoms with van der Waals surface area (Å²) in [5.41, 5.74) is 0.305. The Bertz CT molecular complexity index is 2310. The van der Waals surface area contributed by atoms with Crippen LogP contribution in [-0.2, 0) is 9.59 Å². The molecule has 4 heterocycles. The zero-order valence-corrected chi connectivity index (χ0v) is 43.7. The largest absolute Gasteiger partial charge is 0.481 e. The van der Waals surface area contributed by atoms with Crippen LogP contribution in [0.2, 0.25) is 0 Å². The smallest absolute Gasteiger partial charge is 0.308 e. The summed E-state index contributed by atoms with van der Waals surface area (Å²) < 4.78 is 0. The fourth-order valence-corrected chi connectivity index (χ4v) is 18.8. The van der Waals surface area contributed by atoms with E-state index in [0.29, 0.717) is 83.2 Å². The highest BCUT2D eigenvalue weighted by molar-refractivity contribution is 8.00. The van der Waals surface area contributed by atoms with Crippen molar-refractivity contribution in [1.29, 1.82) is 0 Å². The van der Waals surface area contributed by atoms with Crippen LogP contribution in [0, 0.1) is 47.3 Å². The van der Waals surface area contributed by atoms with Crippen LogP contribution < -0.4 is 20.4 Å². The van der Waals surface area contributed by atoms with Crippen molar-refractivity contribution in [2.45, 2.75) is 198 Å². The number of carbonyl (C=O) groups excluding carboxylic acids is 2. The molecule has 10 saturated carbocycles. The standard InChI is InChI=1S/C29H41N3O4S.C27H37N3O4S/c33-25(34)13-18-5-4-10-32(17-18)24-9-8-23(28(30-24)37-22-6-2-1-3-7-22)27(35)31-26-20-11-19-12-21(26)16-29(36,14-19)15-20;31-24(29-23-18-10-16-11-19(23)14-27(34,12-16)13-18)21-6-7-22(30-9-8-17(15-30)26(32)33)28-25(21)35-20-4-2-1-3-5-20/h8-9,18-22,26,36H,1-7,10-17H2,(H,31,35)(H,33,34);6-7,16-20,23,34H,1-5,8-15H2,(H,29,31)(H,32,33)/t18-,19?,20?,21?,26?,29?;/m1./s1. The molecule has 12 fully saturated rings. The second kappa shape index (κ2) is 21.2. The van der Waals surface area contributed by atoms with E-state index in [1.807, 2.05) is 29.2 Å². The zero-order valence-electron chi connectivity index (χ0n) is 42.1. The molecule has 0 spiro atoms. The third-order valence-corrected chi connectivity index (χ3v) is 21.8. The predicted octanol–water partition coefficient (Wildman–Crippen LogP) is 8.95. The number of carboxylic acids is 2. The summed E-state index contributed by atoms with van der Waals surface area (Å²) in [5, 5.41) is 49.9. The quantitative estimate of drug-likeness (QED) is 0.111. The van der Waals surface area contributed by atoms with E-state index in [9.17, 15) is 39.6 Å². The minimum absolute atomic E-state index is 0.0239. The van der Waals surface area contributed by atoms with Gasteiger partial charge < -0.3 is 40.9 Å². The maximum Gasteiger partial charge on any atom is 0.308 e. The van der Waals surface area contributed by atoms with Crippen molar-refractivity contribution < 1.29 is 39.6 Å². The van der Waals surface area contributed by atoms with Crippen LogP contribution in [-0.4, -0.2) is 114 Å². The summed E-state index contributed by atoms with van der Waals surface area (Å²) in [7, 11) is 0. The van der Waals surface area contributed by atoms with Gasteiger partial charge in [-0.1, -0.05) is 38.5 Å². The molecule has 2 aromatic heterocycles. The van der Waals surface area contributed by atoms with Gasteiger partial charge in [0.2, 0.25) is 0 Å². The molecule has 392 valence electrons. The first kappa shape index (κ1) is 50.6. The van der Waals surface area contributed by atoms with E-state index in [4.69, 9.17) is 9.97 Å². The van der Waals surface area contributed by atoms with Crippen LogP contribution in [0.5, 0.6) is 0 Å². The van der Waals surface area contributed by atoms with Crippen LogP contribution in [0.3, 0.4) is 0 Å². The zero-order chi connectivity index (χ0) is 49.7. The van der Waals surface area contributed by atoms with Crippen LogP contribution in [0.4, 0.5) is 11.6 Å². The van der Waals surface area contributed by atoms with Gasteiger partial charge in [0.1, 0.15) is 21.7 Å². The lowest BCUT2D eigenvalue weighted by molar-refractivity contribution is -0.141. The Morgan fingerprint density at radius 1 is 0.569 bits per heavy atom. The van der Waals surface area contributed by atoms with Gasteiger partial charge in [-0.25, -0.2) is 9.97 Å². The molecule has 72 heavy (non-hydrogen) atoms. The molecule has 6 atom stereocenters. The average Bonchev–Trinajstić information content (AvgIpc) is 3.85. The van der Waals surface area contributed by atoms with Crippen molar-refractivity contribution in [2.75, 3.05) is 36.0 Å². The number of thioether (sulfide) groups is 2. The molecule has 12 aliphatic rings. The molecule has 2 aromatic rings. The predicted molar refractivity (Wildman–Crippen MR) is 279 cm³/mol. The van der Waals surface area contributed by atoms with Gasteiger partial charge >= 0.3 is 11.9 Å². The van der Waals surface area contributed by atoms with Crippen LogP contribution >= 0.6 is 23.5 Å². The van der Waals surface area contributed by atoms with Gasteiger partial charge in [0, 0.05) is 55.2 Å². The Labute approximate surface area is 433 Å². The lowest BCUT2D eigenvalue weighted by Crippen LogP contribution is -2.61. The lowest BCUT2D eigenvalue weighted by atomic mass is 9.52. The molecule has 16 heteroatoms. The first-order chi connectivity index (χ1) is 34.7. The Morgan fingerprint density at radius 3 is 1.44 bits per heavy atom. The number of rotatable bonds is 13. The molecule has 2 saturated heterocycles. The summed E-state index contributed by atoms with van der Waals surface area (Å²) in [6, 6.07) is 8.00. The number of hydrogen-bond donors (Lipinski definition) is 6. The van der Waals surface area contributed by atoms with Crippen LogP contribution in [0.25, 0.3) is 0 Å². The Balaban J connectivity index is 0.000000156. The number of carbonyl (C=O) groups is 4. The maximum absolute atomic E-state index is 13.7. The van der Waals surface area contributed by atoms with Crippen molar-refractivity contribution in [2.24, 2.45) is 47.3 Å². The molecule has 14 rings (SSSR count). The minimum Gasteiger partial charge on any atom is -0.481 e. The van der Waals surface area contributed by atoms with E-state index in [-0.39, 0.29) is 42.2 Å². The van der Waals surface area contributed by atoms with Crippen molar-refractivity contribution in [3.05, 3.63) is 35.4 Å². The van der Waals surface area contributed by atoms with E-state index in [1.165, 1.54) is 38.5 Å². The molecule has 10 aliphatic carbocycles. The number of nitrogens with one attached hydrogen (secondary N) is 2. The first-order valence-corrected chi connectivity index (χ1v) is 29.8. The number of hydrogen-bond acceptors (Lipinski definition) is 12. The van der Waals surface area contributed by atoms with E-state index in [2.05, 4.69) is 15.5 Å². The summed E-state index contributed by atoms with van der Waals surface area (Å²) in [6.07, 6.45) is 24.4. The lowest BCUT2D eigenvalue weighted by Gasteiger charge is -2.58. The van der Waals surface area contributed by atoms with E-state index < -0.39 is 23.1 Å². The highest BCUT2D eigenvalue weighted by Crippen LogP contribution is 2.57. The molecule has 2 aliphatic heterocycles. The fraction of sp³-hybridized carbons (Fsp3) is 0.750. The number of aromatic nitrogens is 2. The summed E-state index contributed by atoms with van der Waals surface area (Å²) in [5.74, 6) is 2.58. The fourth-order valence-electron chi connectivity index (χ4n) is 16.2. The topological polar surface area (TPSA) is 206 Å². The normalized spacial score (nSPS) is 36.0. The number of pyridine rings is 2. The van der Waals surface area contributed by atoms with Gasteiger partial charge in [-0.3, -0.25) is 19.2 Å². The Morgan fingerprint density at radius 2 is 1.03 bits per heavy atom. The number of anilines is 2. The van der Waals surface area contributed by atoms with Gasteiger partial charge in [0.25, 0.3) is 11.8 Å². The number of amides is 2. The molecular formula is C56H78N6O8S2. The van der Waals surface area contributed by atoms with Gasteiger partial charge in [-0.05, 0) is 175 Å². The van der Waals surface area contributed by atoms with E-state index in [1.54, 1.807) is 23.5 Å². The second-order valence-electron chi connectivity index (χ2n) is 24.5. The first-order valence-electron chi connectivity index (χ1n) is 28.1. The SMILES string of the molecule is O=C(NC1C2CC3CC1CC(O)(C3)C2)c1ccc(N2CCC(C(=O)O)C2)nc1SC1CCCCC1.O=C(O)C[C@H]1CCCN(c2ccc(C(=O)NC3C4CC5CC3CC(O)(C5)C4)c(SC3CCCCC3)n2)C1. The van der Waals surface area contributed by atoms with Crippen molar-refractivity contribution in [3.63, 3.8) is 0 Å². The summed E-state index contributed by atoms with van der Waals surface area (Å²) in [4.78, 5) is 64.4. The van der Waals surface area contributed by atoms with Gasteiger partial charge in [0.15, 0.2) is 0 Å². The number of nitrogens with zero attached hydrogens (tertiary/aromatic N) is 4. The van der Waals surface area contributed by atoms with Gasteiger partial charge in [0.05, 0.1) is 28.2 Å². The summed E-state index contributed by atoms with van der Waals surface area (Å²) >= 11 is 3.50. The maximum atomic E-state index is 13.7. The van der Waals surface area contributed by atoms with E-state index in [0.717, 1.165) is 131 Å². The molecule has 2 amide bonds. The van der Waals surface area contributed by atoms with Crippen molar-refractivity contribution >= 4 is 58.9 Å². The molecule has 0 radical (unpaired) electrons. The van der Waals surface area contributed by atoms with Crippen LogP contribution in [0.15, 0.2) is 34.3 Å². The Hall–Kier alpha value is -3.60. The molecule has 0 aromatic carbocycles. The monoisotopic (exact) mass is 1030 g/mol. The molecule has 8 bridgehead atoms. The highest BCUT2D eigenvalue weighted by atomic mass is 32.2. The average molecular weight is 1030 g/mol. The third-order valence-electron chi connectivity index (χ3n) is 19.1. The molecule has 5 unspecified atom stereocenters. The van der Waals surface area contributed by atoms with E-state index >= 15 is 0 Å². The van der Waals surface area contributed by atoms with Gasteiger partial charge in [-0.2, -0.15) is 0 Å². The summed E-state index contributed by atoms with van der Waals surface area (Å²) in [6.45, 7) is 2.72. The number of carboxylic acid groups (broad SMARTS) is 2. The third kappa shape index (κ3) is 11.2. The van der Waals surface area contributed by atoms with Crippen LogP contribution in [0.1, 0.15) is 175 Å². The molecular weight excluding hydrogens is 949 g/mol. The number of aliphatic hydroxyl groups is 2. The number of aliphatic carboxylic acids is 2. The Kier molecular flexibility index (Phi) is 14.9. The minimum atomic E-state index is -0.749.